The minimum atomic E-state index is -2.88. The molecule has 0 saturated carbocycles. The maximum Gasteiger partial charge on any atom is 0.180 e. The maximum atomic E-state index is 11.4. The molecule has 0 atom stereocenters. The normalized spacial score (nSPS) is 19.3. The van der Waals surface area contributed by atoms with Crippen molar-refractivity contribution in [1.29, 1.82) is 0 Å². The molecule has 0 aliphatic carbocycles. The van der Waals surface area contributed by atoms with Crippen LogP contribution in [0.25, 0.3) is 5.65 Å². The average molecular weight is 331 g/mol. The van der Waals surface area contributed by atoms with E-state index in [1.54, 1.807) is 6.20 Å². The number of anilines is 1. The fourth-order valence-corrected chi connectivity index (χ4v) is 3.61. The van der Waals surface area contributed by atoms with Gasteiger partial charge in [-0.3, -0.25) is 0 Å². The molecule has 3 heterocycles. The van der Waals surface area contributed by atoms with Gasteiger partial charge >= 0.3 is 0 Å². The second-order valence-corrected chi connectivity index (χ2v) is 7.30. The fraction of sp³-hybridized carbons (Fsp3) is 0.400. The second-order valence-electron chi connectivity index (χ2n) is 4.18. The molecule has 1 aliphatic heterocycles. The van der Waals surface area contributed by atoms with Crippen LogP contribution in [0, 0.1) is 0 Å². The number of hydrogen-bond acceptors (Lipinski definition) is 5. The molecule has 0 aromatic carbocycles. The molecular formula is C10H11BrN4O2S. The van der Waals surface area contributed by atoms with E-state index in [-0.39, 0.29) is 11.5 Å². The largest absolute Gasteiger partial charge is 0.351 e. The first-order valence-corrected chi connectivity index (χ1v) is 8.11. The van der Waals surface area contributed by atoms with Gasteiger partial charge in [-0.25, -0.2) is 18.4 Å². The van der Waals surface area contributed by atoms with E-state index in [9.17, 15) is 8.42 Å². The smallest absolute Gasteiger partial charge is 0.180 e. The van der Waals surface area contributed by atoms with Gasteiger partial charge < -0.3 is 9.30 Å². The van der Waals surface area contributed by atoms with Gasteiger partial charge in [-0.1, -0.05) is 0 Å². The van der Waals surface area contributed by atoms with Gasteiger partial charge in [0.25, 0.3) is 0 Å². The monoisotopic (exact) mass is 330 g/mol. The highest BCUT2D eigenvalue weighted by Crippen LogP contribution is 2.22. The molecule has 8 heteroatoms. The summed E-state index contributed by atoms with van der Waals surface area (Å²) in [6, 6.07) is 0. The molecule has 1 aliphatic rings. The van der Waals surface area contributed by atoms with E-state index in [1.807, 2.05) is 21.7 Å². The standard InChI is InChI=1S/C10H11BrN4O2S/c11-8-7-15-2-1-12-9(15)10(13-8)14-3-5-18(16,17)6-4-14/h1-2,7H,3-6H2. The molecule has 96 valence electrons. The first kappa shape index (κ1) is 11.9. The highest BCUT2D eigenvalue weighted by atomic mass is 79.9. The van der Waals surface area contributed by atoms with Crippen LogP contribution in [-0.2, 0) is 9.84 Å². The van der Waals surface area contributed by atoms with E-state index in [2.05, 4.69) is 25.9 Å². The summed E-state index contributed by atoms with van der Waals surface area (Å²) in [7, 11) is -2.88. The molecule has 0 spiro atoms. The minimum absolute atomic E-state index is 0.175. The van der Waals surface area contributed by atoms with Gasteiger partial charge in [0.05, 0.1) is 11.5 Å². The average Bonchev–Trinajstić information content (AvgIpc) is 2.76. The van der Waals surface area contributed by atoms with E-state index in [1.165, 1.54) is 0 Å². The van der Waals surface area contributed by atoms with Crippen molar-refractivity contribution in [2.24, 2.45) is 0 Å². The topological polar surface area (TPSA) is 67.6 Å². The zero-order chi connectivity index (χ0) is 12.8. The van der Waals surface area contributed by atoms with Crippen molar-refractivity contribution >= 4 is 37.2 Å². The summed E-state index contributed by atoms with van der Waals surface area (Å²) in [6.45, 7) is 0.933. The Hall–Kier alpha value is -1.15. The number of aromatic nitrogens is 3. The summed E-state index contributed by atoms with van der Waals surface area (Å²) >= 11 is 3.35. The Labute approximate surface area is 113 Å². The van der Waals surface area contributed by atoms with Crippen molar-refractivity contribution in [2.45, 2.75) is 0 Å². The predicted octanol–water partition coefficient (Wildman–Crippen LogP) is 0.727. The molecule has 18 heavy (non-hydrogen) atoms. The van der Waals surface area contributed by atoms with Gasteiger partial charge in [0.15, 0.2) is 21.3 Å². The third-order valence-electron chi connectivity index (χ3n) is 2.97. The molecule has 0 unspecified atom stereocenters. The Morgan fingerprint density at radius 1 is 1.28 bits per heavy atom. The lowest BCUT2D eigenvalue weighted by Gasteiger charge is -2.27. The van der Waals surface area contributed by atoms with Crippen molar-refractivity contribution in [1.82, 2.24) is 14.4 Å². The van der Waals surface area contributed by atoms with Crippen molar-refractivity contribution in [2.75, 3.05) is 29.5 Å². The van der Waals surface area contributed by atoms with Crippen LogP contribution in [0.4, 0.5) is 5.82 Å². The molecule has 0 N–H and O–H groups in total. The third-order valence-corrected chi connectivity index (χ3v) is 4.96. The van der Waals surface area contributed by atoms with Crippen LogP contribution in [0.15, 0.2) is 23.2 Å². The molecule has 0 bridgehead atoms. The van der Waals surface area contributed by atoms with Crippen LogP contribution in [0.2, 0.25) is 0 Å². The molecule has 6 nitrogen and oxygen atoms in total. The lowest BCUT2D eigenvalue weighted by atomic mass is 10.4. The van der Waals surface area contributed by atoms with Crippen LogP contribution in [0.5, 0.6) is 0 Å². The molecule has 2 aromatic heterocycles. The highest BCUT2D eigenvalue weighted by molar-refractivity contribution is 9.10. The molecule has 3 rings (SSSR count). The van der Waals surface area contributed by atoms with Crippen molar-refractivity contribution in [3.05, 3.63) is 23.2 Å². The second kappa shape index (κ2) is 4.20. The number of nitrogens with zero attached hydrogens (tertiary/aromatic N) is 4. The van der Waals surface area contributed by atoms with Crippen LogP contribution < -0.4 is 4.90 Å². The molecule has 1 fully saturated rings. The zero-order valence-corrected chi connectivity index (χ0v) is 11.9. The van der Waals surface area contributed by atoms with Gasteiger partial charge in [-0.05, 0) is 15.9 Å². The van der Waals surface area contributed by atoms with E-state index in [0.717, 1.165) is 11.5 Å². The number of rotatable bonds is 1. The lowest BCUT2D eigenvalue weighted by Crippen LogP contribution is -2.41. The SMILES string of the molecule is O=S1(=O)CCN(c2nc(Br)cn3ccnc23)CC1. The molecule has 0 radical (unpaired) electrons. The Morgan fingerprint density at radius 2 is 2.00 bits per heavy atom. The summed E-state index contributed by atoms with van der Waals surface area (Å²) in [5, 5.41) is 0. The fourth-order valence-electron chi connectivity index (χ4n) is 2.02. The summed E-state index contributed by atoms with van der Waals surface area (Å²) < 4.78 is 25.4. The quantitative estimate of drug-likeness (QED) is 0.771. The first-order chi connectivity index (χ1) is 8.55. The Bertz CT molecular complexity index is 683. The van der Waals surface area contributed by atoms with Gasteiger partial charge in [-0.2, -0.15) is 0 Å². The number of fused-ring (bicyclic) bond motifs is 1. The van der Waals surface area contributed by atoms with Crippen molar-refractivity contribution in [3.63, 3.8) is 0 Å². The first-order valence-electron chi connectivity index (χ1n) is 5.50. The van der Waals surface area contributed by atoms with E-state index < -0.39 is 9.84 Å². The van der Waals surface area contributed by atoms with Crippen molar-refractivity contribution in [3.8, 4) is 0 Å². The maximum absolute atomic E-state index is 11.4. The Morgan fingerprint density at radius 3 is 2.72 bits per heavy atom. The number of hydrogen-bond donors (Lipinski definition) is 0. The van der Waals surface area contributed by atoms with E-state index in [0.29, 0.717) is 17.7 Å². The Kier molecular flexibility index (Phi) is 2.78. The van der Waals surface area contributed by atoms with Gasteiger partial charge in [-0.15, -0.1) is 0 Å². The zero-order valence-electron chi connectivity index (χ0n) is 9.45. The van der Waals surface area contributed by atoms with E-state index in [4.69, 9.17) is 0 Å². The minimum Gasteiger partial charge on any atom is -0.351 e. The lowest BCUT2D eigenvalue weighted by molar-refractivity contribution is 0.586. The van der Waals surface area contributed by atoms with Crippen LogP contribution in [0.1, 0.15) is 0 Å². The molecule has 2 aromatic rings. The number of halogens is 1. The summed E-state index contributed by atoms with van der Waals surface area (Å²) in [4.78, 5) is 10.6. The number of imidazole rings is 1. The molecule has 0 amide bonds. The van der Waals surface area contributed by atoms with Crippen LogP contribution >= 0.6 is 15.9 Å². The Balaban J connectivity index is 2.02. The summed E-state index contributed by atoms with van der Waals surface area (Å²) in [5.74, 6) is 1.08. The molecular weight excluding hydrogens is 320 g/mol. The van der Waals surface area contributed by atoms with Crippen LogP contribution in [0.3, 0.4) is 0 Å². The van der Waals surface area contributed by atoms with Crippen LogP contribution in [-0.4, -0.2) is 47.4 Å². The van der Waals surface area contributed by atoms with E-state index >= 15 is 0 Å². The van der Waals surface area contributed by atoms with Gasteiger partial charge in [0.2, 0.25) is 0 Å². The van der Waals surface area contributed by atoms with Gasteiger partial charge in [0.1, 0.15) is 4.60 Å². The molecule has 1 saturated heterocycles. The highest BCUT2D eigenvalue weighted by Gasteiger charge is 2.24. The predicted molar refractivity (Wildman–Crippen MR) is 71.6 cm³/mol. The third kappa shape index (κ3) is 2.10. The van der Waals surface area contributed by atoms with Crippen molar-refractivity contribution < 1.29 is 8.42 Å². The number of sulfone groups is 1. The summed E-state index contributed by atoms with van der Waals surface area (Å²) in [6.07, 6.45) is 5.37. The van der Waals surface area contributed by atoms with Gasteiger partial charge in [0, 0.05) is 31.7 Å². The summed E-state index contributed by atoms with van der Waals surface area (Å²) in [5.41, 5.74) is 0.748.